The lowest BCUT2D eigenvalue weighted by atomic mass is 9.76. The number of morpholine rings is 1. The highest BCUT2D eigenvalue weighted by molar-refractivity contribution is 5.80. The predicted octanol–water partition coefficient (Wildman–Crippen LogP) is 2.72. The summed E-state index contributed by atoms with van der Waals surface area (Å²) in [7, 11) is 1.86. The van der Waals surface area contributed by atoms with E-state index in [0.29, 0.717) is 25.9 Å². The maximum absolute atomic E-state index is 12.6. The van der Waals surface area contributed by atoms with Crippen LogP contribution in [0.15, 0.2) is 42.5 Å². The number of carbonyl (C=O) groups excluding carboxylic acids is 2. The molecule has 140 valence electrons. The Morgan fingerprint density at radius 2 is 2.12 bits per heavy atom. The van der Waals surface area contributed by atoms with E-state index in [1.54, 1.807) is 0 Å². The smallest absolute Gasteiger partial charge is 0.249 e. The number of fused-ring (bicyclic) bond motifs is 1. The van der Waals surface area contributed by atoms with Gasteiger partial charge in [0, 0.05) is 26.6 Å². The highest BCUT2D eigenvalue weighted by Gasteiger charge is 2.53. The van der Waals surface area contributed by atoms with E-state index < -0.39 is 5.54 Å². The molecule has 0 aliphatic carbocycles. The molecule has 5 heteroatoms. The monoisotopic (exact) mass is 356 g/mol. The van der Waals surface area contributed by atoms with Gasteiger partial charge in [-0.05, 0) is 31.7 Å². The molecule has 0 aromatic heterocycles. The Labute approximate surface area is 155 Å². The lowest BCUT2D eigenvalue weighted by Gasteiger charge is -2.54. The summed E-state index contributed by atoms with van der Waals surface area (Å²) >= 11 is 0. The molecule has 2 amide bonds. The molecule has 3 rings (SSSR count). The third kappa shape index (κ3) is 3.40. The van der Waals surface area contributed by atoms with Gasteiger partial charge in [0.25, 0.3) is 0 Å². The average Bonchev–Trinajstić information content (AvgIpc) is 2.68. The second-order valence-corrected chi connectivity index (χ2v) is 7.09. The molecule has 2 fully saturated rings. The number of rotatable bonds is 5. The number of likely N-dealkylation sites (tertiary alicyclic amines) is 1. The standard InChI is InChI=1S/C21H28N2O3/c1-3-4-5-9-12-19(24)23-14-13-21(17-10-7-6-8-11-17)18(15-23)26-16-20(25)22(21)2/h3-4,6-8,10-11,18H,5,9,12-16H2,1-2H3/t18-,21+/m1/s1. The third-order valence-corrected chi connectivity index (χ3v) is 5.69. The number of hydrogen-bond donors (Lipinski definition) is 0. The van der Waals surface area contributed by atoms with E-state index in [9.17, 15) is 9.59 Å². The van der Waals surface area contributed by atoms with E-state index in [1.165, 1.54) is 0 Å². The Kier molecular flexibility index (Phi) is 5.77. The van der Waals surface area contributed by atoms with Crippen molar-refractivity contribution in [1.82, 2.24) is 9.80 Å². The van der Waals surface area contributed by atoms with Crippen molar-refractivity contribution < 1.29 is 14.3 Å². The molecule has 0 bridgehead atoms. The molecule has 2 saturated heterocycles. The van der Waals surface area contributed by atoms with Gasteiger partial charge in [0.1, 0.15) is 12.7 Å². The molecule has 2 atom stereocenters. The zero-order valence-electron chi connectivity index (χ0n) is 15.7. The second-order valence-electron chi connectivity index (χ2n) is 7.09. The topological polar surface area (TPSA) is 49.9 Å². The van der Waals surface area contributed by atoms with Crippen molar-refractivity contribution in [2.24, 2.45) is 0 Å². The number of benzene rings is 1. The largest absolute Gasteiger partial charge is 0.364 e. The lowest BCUT2D eigenvalue weighted by Crippen LogP contribution is -2.67. The van der Waals surface area contributed by atoms with Gasteiger partial charge in [-0.15, -0.1) is 0 Å². The molecule has 1 aromatic rings. The van der Waals surface area contributed by atoms with Gasteiger partial charge in [0.2, 0.25) is 11.8 Å². The first kappa shape index (κ1) is 18.6. The summed E-state index contributed by atoms with van der Waals surface area (Å²) in [5.74, 6) is 0.176. The van der Waals surface area contributed by atoms with Crippen molar-refractivity contribution >= 4 is 11.8 Å². The van der Waals surface area contributed by atoms with Gasteiger partial charge in [-0.25, -0.2) is 0 Å². The van der Waals surface area contributed by atoms with Gasteiger partial charge < -0.3 is 14.5 Å². The van der Waals surface area contributed by atoms with Crippen LogP contribution >= 0.6 is 0 Å². The Hall–Kier alpha value is -2.14. The zero-order valence-corrected chi connectivity index (χ0v) is 15.7. The molecular formula is C21H28N2O3. The van der Waals surface area contributed by atoms with Gasteiger partial charge >= 0.3 is 0 Å². The molecule has 0 radical (unpaired) electrons. The molecule has 0 saturated carbocycles. The van der Waals surface area contributed by atoms with E-state index >= 15 is 0 Å². The molecule has 26 heavy (non-hydrogen) atoms. The number of ether oxygens (including phenoxy) is 1. The number of carbonyl (C=O) groups is 2. The first-order valence-electron chi connectivity index (χ1n) is 9.42. The van der Waals surface area contributed by atoms with Crippen LogP contribution in [-0.2, 0) is 19.9 Å². The molecule has 0 unspecified atom stereocenters. The van der Waals surface area contributed by atoms with Crippen LogP contribution in [0.4, 0.5) is 0 Å². The fraction of sp³-hybridized carbons (Fsp3) is 0.524. The van der Waals surface area contributed by atoms with Crippen LogP contribution in [0.1, 0.15) is 38.2 Å². The zero-order chi connectivity index (χ0) is 18.6. The maximum atomic E-state index is 12.6. The van der Waals surface area contributed by atoms with E-state index in [2.05, 4.69) is 18.2 Å². The summed E-state index contributed by atoms with van der Waals surface area (Å²) in [6.07, 6.45) is 6.97. The fourth-order valence-corrected chi connectivity index (χ4v) is 4.15. The molecule has 2 aliphatic heterocycles. The first-order valence-corrected chi connectivity index (χ1v) is 9.42. The summed E-state index contributed by atoms with van der Waals surface area (Å²) in [4.78, 5) is 28.7. The van der Waals surface area contributed by atoms with Crippen LogP contribution in [0.2, 0.25) is 0 Å². The van der Waals surface area contributed by atoms with Crippen molar-refractivity contribution in [3.63, 3.8) is 0 Å². The SMILES string of the molecule is CC=CCCCC(=O)N1CC[C@]2(c3ccccc3)[C@@H](C1)OCC(=O)N2C. The number of unbranched alkanes of at least 4 members (excludes halogenated alkanes) is 1. The van der Waals surface area contributed by atoms with E-state index in [4.69, 9.17) is 4.74 Å². The summed E-state index contributed by atoms with van der Waals surface area (Å²) in [5, 5.41) is 0. The number of hydrogen-bond acceptors (Lipinski definition) is 3. The minimum atomic E-state index is -0.488. The van der Waals surface area contributed by atoms with Crippen LogP contribution < -0.4 is 0 Å². The van der Waals surface area contributed by atoms with Crippen molar-refractivity contribution in [3.05, 3.63) is 48.0 Å². The first-order chi connectivity index (χ1) is 12.6. The second kappa shape index (κ2) is 8.04. The lowest BCUT2D eigenvalue weighted by molar-refractivity contribution is -0.184. The quantitative estimate of drug-likeness (QED) is 0.602. The molecular weight excluding hydrogens is 328 g/mol. The maximum Gasteiger partial charge on any atom is 0.249 e. The van der Waals surface area contributed by atoms with Crippen molar-refractivity contribution in [3.8, 4) is 0 Å². The van der Waals surface area contributed by atoms with Crippen molar-refractivity contribution in [2.45, 2.75) is 44.2 Å². The van der Waals surface area contributed by atoms with Gasteiger partial charge in [-0.2, -0.15) is 0 Å². The number of amides is 2. The van der Waals surface area contributed by atoms with Gasteiger partial charge in [0.15, 0.2) is 0 Å². The van der Waals surface area contributed by atoms with E-state index in [0.717, 1.165) is 18.4 Å². The minimum Gasteiger partial charge on any atom is -0.364 e. The highest BCUT2D eigenvalue weighted by Crippen LogP contribution is 2.42. The molecule has 0 spiro atoms. The van der Waals surface area contributed by atoms with Crippen LogP contribution in [0.5, 0.6) is 0 Å². The normalized spacial score (nSPS) is 26.2. The van der Waals surface area contributed by atoms with Gasteiger partial charge in [-0.1, -0.05) is 42.5 Å². The number of nitrogens with zero attached hydrogens (tertiary/aromatic N) is 2. The third-order valence-electron chi connectivity index (χ3n) is 5.69. The summed E-state index contributed by atoms with van der Waals surface area (Å²) in [6, 6.07) is 10.1. The Morgan fingerprint density at radius 1 is 1.35 bits per heavy atom. The summed E-state index contributed by atoms with van der Waals surface area (Å²) < 4.78 is 5.95. The number of allylic oxidation sites excluding steroid dienone is 2. The van der Waals surface area contributed by atoms with Crippen LogP contribution in [0, 0.1) is 0 Å². The molecule has 2 aliphatic rings. The van der Waals surface area contributed by atoms with E-state index in [-0.39, 0.29) is 24.5 Å². The van der Waals surface area contributed by atoms with Crippen LogP contribution in [0.3, 0.4) is 0 Å². The van der Waals surface area contributed by atoms with Crippen molar-refractivity contribution in [2.75, 3.05) is 26.7 Å². The molecule has 5 nitrogen and oxygen atoms in total. The molecule has 0 N–H and O–H groups in total. The Bertz CT molecular complexity index is 673. The average molecular weight is 356 g/mol. The fourth-order valence-electron chi connectivity index (χ4n) is 4.15. The summed E-state index contributed by atoms with van der Waals surface area (Å²) in [5.41, 5.74) is 0.596. The van der Waals surface area contributed by atoms with Crippen LogP contribution in [0.25, 0.3) is 0 Å². The van der Waals surface area contributed by atoms with E-state index in [1.807, 2.05) is 48.0 Å². The number of piperidine rings is 1. The van der Waals surface area contributed by atoms with Gasteiger partial charge in [0.05, 0.1) is 5.54 Å². The molecule has 2 heterocycles. The Morgan fingerprint density at radius 3 is 2.85 bits per heavy atom. The molecule has 1 aromatic carbocycles. The Balaban J connectivity index is 1.77. The minimum absolute atomic E-state index is 0.00349. The predicted molar refractivity (Wildman–Crippen MR) is 100 cm³/mol. The highest BCUT2D eigenvalue weighted by atomic mass is 16.5. The summed E-state index contributed by atoms with van der Waals surface area (Å²) in [6.45, 7) is 3.26. The van der Waals surface area contributed by atoms with Crippen molar-refractivity contribution in [1.29, 1.82) is 0 Å². The van der Waals surface area contributed by atoms with Crippen LogP contribution in [-0.4, -0.2) is 54.5 Å². The van der Waals surface area contributed by atoms with Gasteiger partial charge in [-0.3, -0.25) is 9.59 Å². The number of likely N-dealkylation sites (N-methyl/N-ethyl adjacent to an activating group) is 1.